The van der Waals surface area contributed by atoms with E-state index in [1.165, 1.54) is 17.0 Å². The highest BCUT2D eigenvalue weighted by atomic mass is 16.5. The predicted molar refractivity (Wildman–Crippen MR) is 80.9 cm³/mol. The van der Waals surface area contributed by atoms with Crippen LogP contribution in [-0.2, 0) is 22.4 Å². The van der Waals surface area contributed by atoms with Crippen LogP contribution in [0.1, 0.15) is 43.3 Å². The Balaban J connectivity index is 2.31. The molecule has 114 valence electrons. The van der Waals surface area contributed by atoms with Crippen LogP contribution in [0, 0.1) is 12.3 Å². The third kappa shape index (κ3) is 3.08. The Labute approximate surface area is 122 Å². The molecule has 2 unspecified atom stereocenters. The smallest absolute Gasteiger partial charge is 0.0982 e. The molecule has 20 heavy (non-hydrogen) atoms. The van der Waals surface area contributed by atoms with E-state index in [-0.39, 0.29) is 17.6 Å². The van der Waals surface area contributed by atoms with E-state index >= 15 is 0 Å². The fourth-order valence-electron chi connectivity index (χ4n) is 3.34. The van der Waals surface area contributed by atoms with E-state index < -0.39 is 0 Å². The number of nitrogens with zero attached hydrogens (tertiary/aromatic N) is 1. The zero-order chi connectivity index (χ0) is 14.9. The quantitative estimate of drug-likeness (QED) is 0.901. The summed E-state index contributed by atoms with van der Waals surface area (Å²) in [6.07, 6.45) is 2.21. The van der Waals surface area contributed by atoms with Crippen molar-refractivity contribution in [1.29, 1.82) is 0 Å². The Morgan fingerprint density at radius 3 is 2.75 bits per heavy atom. The van der Waals surface area contributed by atoms with Gasteiger partial charge in [-0.1, -0.05) is 13.8 Å². The molecule has 0 spiro atoms. The summed E-state index contributed by atoms with van der Waals surface area (Å²) in [5.74, 6) is 0. The number of nitrogens with two attached hydrogens (primary N) is 1. The molecule has 0 saturated heterocycles. The van der Waals surface area contributed by atoms with Gasteiger partial charge in [0.05, 0.1) is 19.3 Å². The molecular formula is C16H28N2O2. The number of aromatic nitrogens is 1. The SMILES string of the molecule is COCC(Cn1c(C)cc2c1CC(C)(C)CC2N)OC. The van der Waals surface area contributed by atoms with Gasteiger partial charge in [-0.3, -0.25) is 0 Å². The summed E-state index contributed by atoms with van der Waals surface area (Å²) in [5.41, 5.74) is 10.6. The zero-order valence-corrected chi connectivity index (χ0v) is 13.4. The average molecular weight is 280 g/mol. The summed E-state index contributed by atoms with van der Waals surface area (Å²) in [5, 5.41) is 0. The zero-order valence-electron chi connectivity index (χ0n) is 13.4. The van der Waals surface area contributed by atoms with E-state index in [2.05, 4.69) is 31.4 Å². The molecule has 0 aliphatic heterocycles. The lowest BCUT2D eigenvalue weighted by Gasteiger charge is -2.35. The van der Waals surface area contributed by atoms with Crippen molar-refractivity contribution in [1.82, 2.24) is 4.57 Å². The molecule has 4 nitrogen and oxygen atoms in total. The van der Waals surface area contributed by atoms with Crippen LogP contribution in [-0.4, -0.2) is 31.5 Å². The molecule has 0 bridgehead atoms. The van der Waals surface area contributed by atoms with Crippen LogP contribution in [0.4, 0.5) is 0 Å². The van der Waals surface area contributed by atoms with E-state index in [0.717, 1.165) is 19.4 Å². The van der Waals surface area contributed by atoms with Gasteiger partial charge in [-0.2, -0.15) is 0 Å². The van der Waals surface area contributed by atoms with Crippen LogP contribution in [0.5, 0.6) is 0 Å². The van der Waals surface area contributed by atoms with Gasteiger partial charge < -0.3 is 19.8 Å². The molecule has 1 aliphatic carbocycles. The standard InChI is InChI=1S/C16H28N2O2/c1-11-6-13-14(17)7-16(2,3)8-15(13)18(11)9-12(20-5)10-19-4/h6,12,14H,7-10,17H2,1-5H3. The van der Waals surface area contributed by atoms with E-state index in [4.69, 9.17) is 15.2 Å². The van der Waals surface area contributed by atoms with E-state index in [9.17, 15) is 0 Å². The first-order valence-electron chi connectivity index (χ1n) is 7.34. The maximum absolute atomic E-state index is 6.36. The van der Waals surface area contributed by atoms with E-state index in [1.54, 1.807) is 14.2 Å². The van der Waals surface area contributed by atoms with Crippen LogP contribution in [0.3, 0.4) is 0 Å². The largest absolute Gasteiger partial charge is 0.382 e. The number of hydrogen-bond donors (Lipinski definition) is 1. The Morgan fingerprint density at radius 2 is 2.15 bits per heavy atom. The first-order valence-corrected chi connectivity index (χ1v) is 7.34. The Bertz CT molecular complexity index is 465. The Kier molecular flexibility index (Phi) is 4.57. The second kappa shape index (κ2) is 5.88. The van der Waals surface area contributed by atoms with Crippen LogP contribution in [0.2, 0.25) is 0 Å². The lowest BCUT2D eigenvalue weighted by atomic mass is 9.74. The van der Waals surface area contributed by atoms with Crippen molar-refractivity contribution in [2.75, 3.05) is 20.8 Å². The number of methoxy groups -OCH3 is 2. The molecule has 1 aromatic heterocycles. The minimum absolute atomic E-state index is 0.0801. The fourth-order valence-corrected chi connectivity index (χ4v) is 3.34. The number of aryl methyl sites for hydroxylation is 1. The number of hydrogen-bond acceptors (Lipinski definition) is 3. The van der Waals surface area contributed by atoms with Crippen LogP contribution < -0.4 is 5.73 Å². The summed E-state index contributed by atoms with van der Waals surface area (Å²) in [6.45, 7) is 8.18. The van der Waals surface area contributed by atoms with Gasteiger partial charge in [-0.15, -0.1) is 0 Å². The summed E-state index contributed by atoms with van der Waals surface area (Å²) in [6, 6.07) is 2.39. The molecule has 2 atom stereocenters. The second-order valence-electron chi connectivity index (χ2n) is 6.76. The molecule has 1 aromatic rings. The second-order valence-corrected chi connectivity index (χ2v) is 6.76. The molecular weight excluding hydrogens is 252 g/mol. The Hall–Kier alpha value is -0.840. The van der Waals surface area contributed by atoms with Gasteiger partial charge in [-0.25, -0.2) is 0 Å². The minimum atomic E-state index is 0.0801. The van der Waals surface area contributed by atoms with Gasteiger partial charge in [0.1, 0.15) is 0 Å². The highest BCUT2D eigenvalue weighted by Crippen LogP contribution is 2.40. The van der Waals surface area contributed by atoms with Crippen molar-refractivity contribution in [3.63, 3.8) is 0 Å². The van der Waals surface area contributed by atoms with E-state index in [1.807, 2.05) is 0 Å². The van der Waals surface area contributed by atoms with Crippen molar-refractivity contribution >= 4 is 0 Å². The third-order valence-corrected chi connectivity index (χ3v) is 4.34. The topological polar surface area (TPSA) is 49.4 Å². The summed E-state index contributed by atoms with van der Waals surface area (Å²) >= 11 is 0. The monoisotopic (exact) mass is 280 g/mol. The summed E-state index contributed by atoms with van der Waals surface area (Å²) < 4.78 is 13.1. The van der Waals surface area contributed by atoms with Crippen LogP contribution >= 0.6 is 0 Å². The maximum atomic E-state index is 6.36. The van der Waals surface area contributed by atoms with Gasteiger partial charge in [0.15, 0.2) is 0 Å². The normalized spacial score (nSPS) is 22.6. The number of fused-ring (bicyclic) bond motifs is 1. The fraction of sp³-hybridized carbons (Fsp3) is 0.750. The number of ether oxygens (including phenoxy) is 2. The first-order chi connectivity index (χ1) is 9.38. The third-order valence-electron chi connectivity index (χ3n) is 4.34. The highest BCUT2D eigenvalue weighted by Gasteiger charge is 2.33. The van der Waals surface area contributed by atoms with Crippen LogP contribution in [0.15, 0.2) is 6.07 Å². The molecule has 1 heterocycles. The first kappa shape index (κ1) is 15.5. The van der Waals surface area contributed by atoms with Gasteiger partial charge in [-0.05, 0) is 36.8 Å². The minimum Gasteiger partial charge on any atom is -0.382 e. The van der Waals surface area contributed by atoms with Gasteiger partial charge >= 0.3 is 0 Å². The van der Waals surface area contributed by atoms with Crippen molar-refractivity contribution in [3.05, 3.63) is 23.0 Å². The van der Waals surface area contributed by atoms with Crippen molar-refractivity contribution < 1.29 is 9.47 Å². The summed E-state index contributed by atoms with van der Waals surface area (Å²) in [4.78, 5) is 0. The molecule has 0 aromatic carbocycles. The highest BCUT2D eigenvalue weighted by molar-refractivity contribution is 5.34. The molecule has 0 fully saturated rings. The van der Waals surface area contributed by atoms with Crippen LogP contribution in [0.25, 0.3) is 0 Å². The van der Waals surface area contributed by atoms with Gasteiger partial charge in [0, 0.05) is 31.6 Å². The lowest BCUT2D eigenvalue weighted by molar-refractivity contribution is 0.0173. The molecule has 1 aliphatic rings. The molecule has 2 rings (SSSR count). The molecule has 4 heteroatoms. The van der Waals surface area contributed by atoms with Gasteiger partial charge in [0.25, 0.3) is 0 Å². The number of rotatable bonds is 5. The van der Waals surface area contributed by atoms with Crippen molar-refractivity contribution in [2.45, 2.75) is 52.3 Å². The van der Waals surface area contributed by atoms with Crippen molar-refractivity contribution in [2.24, 2.45) is 11.1 Å². The molecule has 2 N–H and O–H groups in total. The van der Waals surface area contributed by atoms with Gasteiger partial charge in [0.2, 0.25) is 0 Å². The maximum Gasteiger partial charge on any atom is 0.0982 e. The molecule has 0 saturated carbocycles. The Morgan fingerprint density at radius 1 is 1.45 bits per heavy atom. The molecule has 0 amide bonds. The van der Waals surface area contributed by atoms with E-state index in [0.29, 0.717) is 6.61 Å². The average Bonchev–Trinajstić information content (AvgIpc) is 2.65. The van der Waals surface area contributed by atoms with Crippen molar-refractivity contribution in [3.8, 4) is 0 Å². The molecule has 0 radical (unpaired) electrons. The lowest BCUT2D eigenvalue weighted by Crippen LogP contribution is -2.32. The predicted octanol–water partition coefficient (Wildman–Crippen LogP) is 2.43. The summed E-state index contributed by atoms with van der Waals surface area (Å²) in [7, 11) is 3.45.